The highest BCUT2D eigenvalue weighted by molar-refractivity contribution is 7.89. The van der Waals surface area contributed by atoms with Gasteiger partial charge in [-0.25, -0.2) is 17.5 Å². The number of carbonyl (C=O) groups is 1. The lowest BCUT2D eigenvalue weighted by atomic mass is 9.85. The molecule has 0 radical (unpaired) electrons. The second-order valence-corrected chi connectivity index (χ2v) is 10.1. The van der Waals surface area contributed by atoms with Crippen molar-refractivity contribution in [2.45, 2.75) is 54.5 Å². The molecule has 0 atom stereocenters. The van der Waals surface area contributed by atoms with Crippen LogP contribution in [0.4, 0.5) is 10.1 Å². The third-order valence-corrected chi connectivity index (χ3v) is 5.93. The third-order valence-electron chi connectivity index (χ3n) is 5.37. The van der Waals surface area contributed by atoms with Crippen LogP contribution in [0.1, 0.15) is 48.6 Å². The molecule has 0 bridgehead atoms. The van der Waals surface area contributed by atoms with E-state index in [1.54, 1.807) is 19.1 Å². The Balaban J connectivity index is 2.59. The van der Waals surface area contributed by atoms with Gasteiger partial charge in [-0.1, -0.05) is 0 Å². The Hall–Kier alpha value is -2.67. The number of carbonyl (C=O) groups excluding carboxylic acids is 1. The van der Waals surface area contributed by atoms with Crippen molar-refractivity contribution in [2.24, 2.45) is 0 Å². The monoisotopic (exact) mass is 446 g/mol. The summed E-state index contributed by atoms with van der Waals surface area (Å²) in [5.41, 5.74) is 6.84. The van der Waals surface area contributed by atoms with E-state index in [1.807, 2.05) is 52.3 Å². The number of hydrogen-bond donors (Lipinski definition) is 2. The molecule has 0 fully saturated rings. The number of rotatable bonds is 6. The fourth-order valence-corrected chi connectivity index (χ4v) is 4.13. The van der Waals surface area contributed by atoms with Crippen LogP contribution in [-0.4, -0.2) is 26.6 Å². The van der Waals surface area contributed by atoms with Gasteiger partial charge in [0.15, 0.2) is 0 Å². The maximum atomic E-state index is 15.0. The SMILES string of the molecule is C/C(=C\c1c(C)c(C)c(-c2ccc(NC(C)C)cc2F)c(C)c1C)C(=O)NS(C)(=O)=O. The molecule has 0 spiro atoms. The van der Waals surface area contributed by atoms with Gasteiger partial charge in [0.1, 0.15) is 5.82 Å². The topological polar surface area (TPSA) is 75.3 Å². The average molecular weight is 447 g/mol. The molecule has 31 heavy (non-hydrogen) atoms. The Morgan fingerprint density at radius 3 is 2.03 bits per heavy atom. The summed E-state index contributed by atoms with van der Waals surface area (Å²) in [5.74, 6) is -0.970. The van der Waals surface area contributed by atoms with Crippen molar-refractivity contribution < 1.29 is 17.6 Å². The van der Waals surface area contributed by atoms with Crippen molar-refractivity contribution in [3.05, 3.63) is 57.4 Å². The van der Waals surface area contributed by atoms with Crippen LogP contribution in [0, 0.1) is 33.5 Å². The van der Waals surface area contributed by atoms with Crippen LogP contribution in [0.25, 0.3) is 17.2 Å². The van der Waals surface area contributed by atoms with E-state index in [-0.39, 0.29) is 17.4 Å². The molecule has 0 heterocycles. The summed E-state index contributed by atoms with van der Waals surface area (Å²) >= 11 is 0. The van der Waals surface area contributed by atoms with Gasteiger partial charge in [0, 0.05) is 22.9 Å². The first-order chi connectivity index (χ1) is 14.2. The minimum absolute atomic E-state index is 0.201. The highest BCUT2D eigenvalue weighted by Crippen LogP contribution is 2.37. The zero-order valence-corrected chi connectivity index (χ0v) is 20.2. The second-order valence-electron chi connectivity index (χ2n) is 8.31. The summed E-state index contributed by atoms with van der Waals surface area (Å²) in [6.07, 6.45) is 2.62. The summed E-state index contributed by atoms with van der Waals surface area (Å²) in [4.78, 5) is 12.2. The quantitative estimate of drug-likeness (QED) is 0.611. The Kier molecular flexibility index (Phi) is 7.32. The van der Waals surface area contributed by atoms with Crippen LogP contribution < -0.4 is 10.0 Å². The van der Waals surface area contributed by atoms with E-state index in [1.165, 1.54) is 6.07 Å². The predicted octanol–water partition coefficient (Wildman–Crippen LogP) is 5.03. The van der Waals surface area contributed by atoms with E-state index in [4.69, 9.17) is 0 Å². The predicted molar refractivity (Wildman–Crippen MR) is 126 cm³/mol. The minimum Gasteiger partial charge on any atom is -0.383 e. The van der Waals surface area contributed by atoms with Crippen molar-refractivity contribution in [2.75, 3.05) is 11.6 Å². The van der Waals surface area contributed by atoms with Crippen LogP contribution in [0.5, 0.6) is 0 Å². The van der Waals surface area contributed by atoms with Gasteiger partial charge < -0.3 is 5.32 Å². The highest BCUT2D eigenvalue weighted by Gasteiger charge is 2.19. The van der Waals surface area contributed by atoms with Crippen molar-refractivity contribution in [1.29, 1.82) is 0 Å². The summed E-state index contributed by atoms with van der Waals surface area (Å²) in [6, 6.07) is 5.36. The van der Waals surface area contributed by atoms with Gasteiger partial charge in [0.2, 0.25) is 10.0 Å². The lowest BCUT2D eigenvalue weighted by Gasteiger charge is -2.21. The molecule has 2 rings (SSSR count). The molecule has 0 saturated heterocycles. The number of hydrogen-bond acceptors (Lipinski definition) is 4. The van der Waals surface area contributed by atoms with E-state index in [2.05, 4.69) is 5.32 Å². The molecule has 0 aliphatic carbocycles. The third kappa shape index (κ3) is 5.73. The first-order valence-electron chi connectivity index (χ1n) is 10.1. The normalized spacial score (nSPS) is 12.3. The zero-order valence-electron chi connectivity index (χ0n) is 19.4. The highest BCUT2D eigenvalue weighted by atomic mass is 32.2. The fraction of sp³-hybridized carbons (Fsp3) is 0.375. The van der Waals surface area contributed by atoms with Crippen LogP contribution in [0.15, 0.2) is 23.8 Å². The first kappa shape index (κ1) is 24.6. The van der Waals surface area contributed by atoms with E-state index >= 15 is 4.39 Å². The molecule has 2 N–H and O–H groups in total. The Morgan fingerprint density at radius 1 is 1.03 bits per heavy atom. The molecule has 5 nitrogen and oxygen atoms in total. The van der Waals surface area contributed by atoms with E-state index in [0.29, 0.717) is 5.56 Å². The zero-order chi connectivity index (χ0) is 23.7. The molecule has 2 aromatic rings. The van der Waals surface area contributed by atoms with Gasteiger partial charge in [-0.2, -0.15) is 0 Å². The lowest BCUT2D eigenvalue weighted by Crippen LogP contribution is -2.29. The number of anilines is 1. The molecule has 0 aliphatic heterocycles. The van der Waals surface area contributed by atoms with E-state index < -0.39 is 15.9 Å². The number of halogens is 1. The molecule has 2 aromatic carbocycles. The van der Waals surface area contributed by atoms with Crippen LogP contribution in [0.2, 0.25) is 0 Å². The maximum Gasteiger partial charge on any atom is 0.260 e. The Labute approximate surface area is 184 Å². The van der Waals surface area contributed by atoms with Crippen LogP contribution in [-0.2, 0) is 14.8 Å². The number of nitrogens with one attached hydrogen (secondary N) is 2. The standard InChI is InChI=1S/C24H31FN2O3S/c1-13(2)26-19-9-10-20(22(25)12-19)23-17(6)15(4)21(16(5)18(23)7)11-14(3)24(28)27-31(8,29)30/h9-13,26H,1-8H3,(H,27,28)/b14-11+. The molecular weight excluding hydrogens is 415 g/mol. The van der Waals surface area contributed by atoms with Crippen molar-refractivity contribution in [3.8, 4) is 11.1 Å². The Morgan fingerprint density at radius 2 is 1.58 bits per heavy atom. The van der Waals surface area contributed by atoms with Gasteiger partial charge >= 0.3 is 0 Å². The number of sulfonamides is 1. The number of benzene rings is 2. The summed E-state index contributed by atoms with van der Waals surface area (Å²) in [7, 11) is -3.64. The first-order valence-corrected chi connectivity index (χ1v) is 12.0. The van der Waals surface area contributed by atoms with Crippen LogP contribution >= 0.6 is 0 Å². The van der Waals surface area contributed by atoms with Gasteiger partial charge in [-0.05, 0) is 106 Å². The summed E-state index contributed by atoms with van der Waals surface area (Å²) in [5, 5.41) is 3.21. The number of amides is 1. The van der Waals surface area contributed by atoms with Crippen LogP contribution in [0.3, 0.4) is 0 Å². The van der Waals surface area contributed by atoms with Gasteiger partial charge in [-0.15, -0.1) is 0 Å². The molecule has 168 valence electrons. The smallest absolute Gasteiger partial charge is 0.260 e. The molecule has 0 aliphatic rings. The van der Waals surface area contributed by atoms with Gasteiger partial charge in [-0.3, -0.25) is 4.79 Å². The summed E-state index contributed by atoms with van der Waals surface area (Å²) < 4.78 is 39.7. The second kappa shape index (κ2) is 9.22. The van der Waals surface area contributed by atoms with Crippen molar-refractivity contribution in [1.82, 2.24) is 4.72 Å². The molecule has 1 amide bonds. The molecule has 0 saturated carbocycles. The fourth-order valence-electron chi connectivity index (χ4n) is 3.63. The van der Waals surface area contributed by atoms with Gasteiger partial charge in [0.05, 0.1) is 6.26 Å². The largest absolute Gasteiger partial charge is 0.383 e. The van der Waals surface area contributed by atoms with E-state index in [0.717, 1.165) is 45.3 Å². The Bertz CT molecular complexity index is 1140. The maximum absolute atomic E-state index is 15.0. The van der Waals surface area contributed by atoms with Gasteiger partial charge in [0.25, 0.3) is 5.91 Å². The molecule has 7 heteroatoms. The molecule has 0 unspecified atom stereocenters. The molecule has 0 aromatic heterocycles. The average Bonchev–Trinajstić information content (AvgIpc) is 2.63. The van der Waals surface area contributed by atoms with Crippen molar-refractivity contribution >= 4 is 27.7 Å². The minimum atomic E-state index is -3.64. The van der Waals surface area contributed by atoms with Crippen molar-refractivity contribution in [3.63, 3.8) is 0 Å². The summed E-state index contributed by atoms with van der Waals surface area (Å²) in [6.45, 7) is 13.3. The lowest BCUT2D eigenvalue weighted by molar-refractivity contribution is -0.115. The molecular formula is C24H31FN2O3S. The van der Waals surface area contributed by atoms with E-state index in [9.17, 15) is 13.2 Å².